The van der Waals surface area contributed by atoms with Crippen molar-refractivity contribution in [3.63, 3.8) is 0 Å². The van der Waals surface area contributed by atoms with Gasteiger partial charge in [0.15, 0.2) is 6.61 Å². The van der Waals surface area contributed by atoms with E-state index in [0.29, 0.717) is 28.6 Å². The summed E-state index contributed by atoms with van der Waals surface area (Å²) in [5.74, 6) is -1.81. The molecule has 1 aliphatic heterocycles. The SMILES string of the molecule is CCOc1ccc(N2CC(C(=O)OCC(=O)Nc3sc4c(c3C(=O)OC)CCC4)CC2=O)cc1. The van der Waals surface area contributed by atoms with E-state index in [2.05, 4.69) is 5.32 Å². The molecule has 4 rings (SSSR count). The van der Waals surface area contributed by atoms with E-state index in [-0.39, 0.29) is 18.9 Å². The molecule has 1 N–H and O–H groups in total. The van der Waals surface area contributed by atoms with Crippen LogP contribution in [0.3, 0.4) is 0 Å². The molecule has 2 amide bonds. The Labute approximate surface area is 201 Å². The standard InChI is InChI=1S/C24H26N2O7S/c1-3-32-16-9-7-15(8-10-16)26-12-14(11-20(26)28)23(29)33-13-19(27)25-22-21(24(30)31-2)17-5-4-6-18(17)34-22/h7-10,14H,3-6,11-13H2,1-2H3,(H,25,27). The molecule has 1 unspecified atom stereocenters. The fourth-order valence-corrected chi connectivity index (χ4v) is 5.53. The number of aryl methyl sites for hydroxylation is 1. The number of amides is 2. The maximum atomic E-state index is 12.5. The van der Waals surface area contributed by atoms with Crippen LogP contribution in [0.1, 0.15) is 40.6 Å². The summed E-state index contributed by atoms with van der Waals surface area (Å²) in [5.41, 5.74) is 1.97. The molecule has 1 aliphatic carbocycles. The summed E-state index contributed by atoms with van der Waals surface area (Å²) in [4.78, 5) is 52.2. The number of hydrogen-bond donors (Lipinski definition) is 1. The third kappa shape index (κ3) is 4.91. The summed E-state index contributed by atoms with van der Waals surface area (Å²) in [6, 6.07) is 7.07. The second-order valence-electron chi connectivity index (χ2n) is 8.04. The van der Waals surface area contributed by atoms with Crippen molar-refractivity contribution < 1.29 is 33.4 Å². The Bertz CT molecular complexity index is 1110. The number of carbonyl (C=O) groups is 4. The zero-order valence-corrected chi connectivity index (χ0v) is 19.9. The van der Waals surface area contributed by atoms with Gasteiger partial charge in [-0.3, -0.25) is 14.4 Å². The van der Waals surface area contributed by atoms with Gasteiger partial charge in [-0.2, -0.15) is 0 Å². The number of carbonyl (C=O) groups excluding carboxylic acids is 4. The van der Waals surface area contributed by atoms with Crippen LogP contribution in [0.4, 0.5) is 10.7 Å². The predicted molar refractivity (Wildman–Crippen MR) is 125 cm³/mol. The largest absolute Gasteiger partial charge is 0.494 e. The van der Waals surface area contributed by atoms with Gasteiger partial charge in [-0.15, -0.1) is 11.3 Å². The number of nitrogens with zero attached hydrogens (tertiary/aromatic N) is 1. The molecule has 9 nitrogen and oxygen atoms in total. The third-order valence-corrected chi connectivity index (χ3v) is 7.03. The van der Waals surface area contributed by atoms with E-state index >= 15 is 0 Å². The van der Waals surface area contributed by atoms with Crippen LogP contribution in [0.15, 0.2) is 24.3 Å². The molecular formula is C24H26N2O7S. The zero-order chi connectivity index (χ0) is 24.2. The first-order valence-corrected chi connectivity index (χ1v) is 12.0. The van der Waals surface area contributed by atoms with Gasteiger partial charge in [0.25, 0.3) is 5.91 Å². The van der Waals surface area contributed by atoms with Gasteiger partial charge in [-0.1, -0.05) is 0 Å². The molecule has 180 valence electrons. The number of methoxy groups -OCH3 is 1. The molecule has 1 aromatic carbocycles. The maximum absolute atomic E-state index is 12.5. The summed E-state index contributed by atoms with van der Waals surface area (Å²) in [7, 11) is 1.30. The number of fused-ring (bicyclic) bond motifs is 1. The minimum Gasteiger partial charge on any atom is -0.494 e. The van der Waals surface area contributed by atoms with Crippen LogP contribution in [0, 0.1) is 5.92 Å². The van der Waals surface area contributed by atoms with Crippen LogP contribution < -0.4 is 15.0 Å². The van der Waals surface area contributed by atoms with Gasteiger partial charge in [0.05, 0.1) is 25.2 Å². The molecular weight excluding hydrogens is 460 g/mol. The Balaban J connectivity index is 1.32. The van der Waals surface area contributed by atoms with Crippen molar-refractivity contribution >= 4 is 45.8 Å². The van der Waals surface area contributed by atoms with Gasteiger partial charge in [0.2, 0.25) is 5.91 Å². The molecule has 1 atom stereocenters. The van der Waals surface area contributed by atoms with E-state index in [1.54, 1.807) is 24.3 Å². The molecule has 0 radical (unpaired) electrons. The van der Waals surface area contributed by atoms with Crippen LogP contribution in [-0.4, -0.2) is 50.6 Å². The lowest BCUT2D eigenvalue weighted by molar-refractivity contribution is -0.151. The Hall–Kier alpha value is -3.40. The van der Waals surface area contributed by atoms with Gasteiger partial charge in [-0.05, 0) is 56.0 Å². The van der Waals surface area contributed by atoms with Crippen molar-refractivity contribution in [3.05, 3.63) is 40.3 Å². The third-order valence-electron chi connectivity index (χ3n) is 5.83. The topological polar surface area (TPSA) is 111 Å². The maximum Gasteiger partial charge on any atom is 0.341 e. The highest BCUT2D eigenvalue weighted by molar-refractivity contribution is 7.17. The number of esters is 2. The Morgan fingerprint density at radius 1 is 1.18 bits per heavy atom. The summed E-state index contributed by atoms with van der Waals surface area (Å²) >= 11 is 1.35. The number of anilines is 2. The van der Waals surface area contributed by atoms with Gasteiger partial charge in [-0.25, -0.2) is 4.79 Å². The summed E-state index contributed by atoms with van der Waals surface area (Å²) in [6.45, 7) is 2.11. The number of benzene rings is 1. The van der Waals surface area contributed by atoms with Crippen LogP contribution in [0.25, 0.3) is 0 Å². The molecule has 1 aromatic heterocycles. The number of ether oxygens (including phenoxy) is 3. The number of rotatable bonds is 8. The van der Waals surface area contributed by atoms with Gasteiger partial charge in [0.1, 0.15) is 10.8 Å². The van der Waals surface area contributed by atoms with Crippen molar-refractivity contribution in [1.29, 1.82) is 0 Å². The number of nitrogens with one attached hydrogen (secondary N) is 1. The second-order valence-corrected chi connectivity index (χ2v) is 9.15. The van der Waals surface area contributed by atoms with Gasteiger partial charge < -0.3 is 24.4 Å². The first kappa shape index (κ1) is 23.7. The summed E-state index contributed by atoms with van der Waals surface area (Å²) in [6.07, 6.45) is 2.60. The molecule has 34 heavy (non-hydrogen) atoms. The second kappa shape index (κ2) is 10.3. The van der Waals surface area contributed by atoms with Crippen LogP contribution in [-0.2, 0) is 36.7 Å². The van der Waals surface area contributed by atoms with Crippen molar-refractivity contribution in [3.8, 4) is 5.75 Å². The van der Waals surface area contributed by atoms with E-state index in [9.17, 15) is 19.2 Å². The highest BCUT2D eigenvalue weighted by atomic mass is 32.1. The Kier molecular flexibility index (Phi) is 7.16. The quantitative estimate of drug-likeness (QED) is 0.571. The smallest absolute Gasteiger partial charge is 0.341 e. The number of hydrogen-bond acceptors (Lipinski definition) is 8. The van der Waals surface area contributed by atoms with E-state index in [1.807, 2.05) is 6.92 Å². The first-order valence-electron chi connectivity index (χ1n) is 11.1. The first-order chi connectivity index (χ1) is 16.4. The van der Waals surface area contributed by atoms with Crippen LogP contribution >= 0.6 is 11.3 Å². The fraction of sp³-hybridized carbons (Fsp3) is 0.417. The van der Waals surface area contributed by atoms with Crippen molar-refractivity contribution in [2.75, 3.05) is 37.1 Å². The van der Waals surface area contributed by atoms with E-state index < -0.39 is 30.4 Å². The van der Waals surface area contributed by atoms with Crippen LogP contribution in [0.5, 0.6) is 5.75 Å². The highest BCUT2D eigenvalue weighted by Gasteiger charge is 2.36. The average Bonchev–Trinajstić information content (AvgIpc) is 3.52. The van der Waals surface area contributed by atoms with E-state index in [4.69, 9.17) is 14.2 Å². The lowest BCUT2D eigenvalue weighted by Crippen LogP contribution is -2.28. The minimum absolute atomic E-state index is 0.0117. The van der Waals surface area contributed by atoms with Crippen molar-refractivity contribution in [1.82, 2.24) is 0 Å². The molecule has 1 saturated heterocycles. The molecule has 0 bridgehead atoms. The van der Waals surface area contributed by atoms with E-state index in [1.165, 1.54) is 23.3 Å². The zero-order valence-electron chi connectivity index (χ0n) is 19.0. The Morgan fingerprint density at radius 2 is 1.94 bits per heavy atom. The monoisotopic (exact) mass is 486 g/mol. The molecule has 0 saturated carbocycles. The lowest BCUT2D eigenvalue weighted by atomic mass is 10.1. The van der Waals surface area contributed by atoms with Gasteiger partial charge in [0, 0.05) is 23.5 Å². The molecule has 2 aliphatic rings. The van der Waals surface area contributed by atoms with E-state index in [0.717, 1.165) is 29.7 Å². The highest BCUT2D eigenvalue weighted by Crippen LogP contribution is 2.39. The van der Waals surface area contributed by atoms with Crippen LogP contribution in [0.2, 0.25) is 0 Å². The molecule has 10 heteroatoms. The van der Waals surface area contributed by atoms with Crippen molar-refractivity contribution in [2.24, 2.45) is 5.92 Å². The lowest BCUT2D eigenvalue weighted by Gasteiger charge is -2.17. The Morgan fingerprint density at radius 3 is 2.65 bits per heavy atom. The molecule has 0 spiro atoms. The van der Waals surface area contributed by atoms with Gasteiger partial charge >= 0.3 is 11.9 Å². The molecule has 2 heterocycles. The number of thiophene rings is 1. The normalized spacial score (nSPS) is 16.8. The van der Waals surface area contributed by atoms with Crippen molar-refractivity contribution in [2.45, 2.75) is 32.6 Å². The molecule has 2 aromatic rings. The molecule has 1 fully saturated rings. The predicted octanol–water partition coefficient (Wildman–Crippen LogP) is 2.96. The summed E-state index contributed by atoms with van der Waals surface area (Å²) in [5, 5.41) is 3.08. The fourth-order valence-electron chi connectivity index (χ4n) is 4.23. The minimum atomic E-state index is -0.664. The average molecular weight is 487 g/mol. The summed E-state index contributed by atoms with van der Waals surface area (Å²) < 4.78 is 15.5.